The van der Waals surface area contributed by atoms with E-state index < -0.39 is 17.7 Å². The lowest BCUT2D eigenvalue weighted by Gasteiger charge is -2.42. The van der Waals surface area contributed by atoms with Gasteiger partial charge in [0.2, 0.25) is 0 Å². The third kappa shape index (κ3) is 5.11. The summed E-state index contributed by atoms with van der Waals surface area (Å²) >= 11 is 0. The number of ketones is 1. The molecule has 0 atom stereocenters. The fourth-order valence-electron chi connectivity index (χ4n) is 5.70. The maximum absolute atomic E-state index is 14.9. The highest BCUT2D eigenvalue weighted by atomic mass is 19.1. The van der Waals surface area contributed by atoms with Crippen LogP contribution in [0.2, 0.25) is 0 Å². The second-order valence-corrected chi connectivity index (χ2v) is 10.8. The number of rotatable bonds is 8. The summed E-state index contributed by atoms with van der Waals surface area (Å²) in [5, 5.41) is 12.9. The van der Waals surface area contributed by atoms with Crippen molar-refractivity contribution in [3.05, 3.63) is 82.9 Å². The van der Waals surface area contributed by atoms with E-state index in [1.807, 2.05) is 26.0 Å². The number of hydrogen-bond donors (Lipinski definition) is 2. The van der Waals surface area contributed by atoms with Crippen molar-refractivity contribution in [1.29, 1.82) is 0 Å². The first-order valence-electron chi connectivity index (χ1n) is 13.2. The zero-order valence-electron chi connectivity index (χ0n) is 22.2. The molecule has 0 aliphatic heterocycles. The van der Waals surface area contributed by atoms with Crippen molar-refractivity contribution in [3.8, 4) is 22.5 Å². The molecular weight excluding hydrogens is 500 g/mol. The first-order chi connectivity index (χ1) is 18.6. The van der Waals surface area contributed by atoms with E-state index in [2.05, 4.69) is 5.32 Å². The van der Waals surface area contributed by atoms with Gasteiger partial charge in [0, 0.05) is 24.4 Å². The Morgan fingerprint density at radius 3 is 2.38 bits per heavy atom. The van der Waals surface area contributed by atoms with Crippen LogP contribution in [-0.4, -0.2) is 29.9 Å². The van der Waals surface area contributed by atoms with Gasteiger partial charge >= 0.3 is 0 Å². The molecule has 1 fully saturated rings. The monoisotopic (exact) mass is 531 g/mol. The Morgan fingerprint density at radius 2 is 1.74 bits per heavy atom. The highest BCUT2D eigenvalue weighted by Crippen LogP contribution is 2.45. The van der Waals surface area contributed by atoms with Crippen molar-refractivity contribution < 1.29 is 27.9 Å². The topological polar surface area (TPSA) is 79.5 Å². The van der Waals surface area contributed by atoms with Gasteiger partial charge in [0.1, 0.15) is 23.0 Å². The molecule has 39 heavy (non-hydrogen) atoms. The van der Waals surface area contributed by atoms with Crippen molar-refractivity contribution in [2.45, 2.75) is 52.1 Å². The zero-order chi connectivity index (χ0) is 27.9. The Balaban J connectivity index is 1.64. The zero-order valence-corrected chi connectivity index (χ0v) is 22.2. The van der Waals surface area contributed by atoms with Gasteiger partial charge in [-0.05, 0) is 89.9 Å². The SMILES string of the molecule is CCCc1cc2oc(-c3ccc(F)cc3)c(C(=O)NC)c2cc1-c1ccc(F)c(C(=O)CC2(C)CC(O)C2)c1. The van der Waals surface area contributed by atoms with Crippen molar-refractivity contribution >= 4 is 22.7 Å². The number of aliphatic hydroxyl groups excluding tert-OH is 1. The van der Waals surface area contributed by atoms with Gasteiger partial charge in [-0.2, -0.15) is 0 Å². The van der Waals surface area contributed by atoms with Gasteiger partial charge in [-0.3, -0.25) is 9.59 Å². The molecule has 4 aromatic rings. The number of halogens is 2. The minimum absolute atomic E-state index is 0.0170. The maximum Gasteiger partial charge on any atom is 0.255 e. The Kier molecular flexibility index (Phi) is 7.12. The van der Waals surface area contributed by atoms with Gasteiger partial charge in [-0.25, -0.2) is 8.78 Å². The number of aryl methyl sites for hydroxylation is 1. The first-order valence-corrected chi connectivity index (χ1v) is 13.2. The molecule has 0 unspecified atom stereocenters. The van der Waals surface area contributed by atoms with Crippen LogP contribution >= 0.6 is 0 Å². The molecule has 1 amide bonds. The number of carbonyl (C=O) groups is 2. The second-order valence-electron chi connectivity index (χ2n) is 10.8. The second kappa shape index (κ2) is 10.4. The van der Waals surface area contributed by atoms with Crippen LogP contribution < -0.4 is 5.32 Å². The summed E-state index contributed by atoms with van der Waals surface area (Å²) in [7, 11) is 1.53. The smallest absolute Gasteiger partial charge is 0.255 e. The minimum atomic E-state index is -0.585. The number of Topliss-reactive ketones (excluding diaryl/α,β-unsaturated/α-hetero) is 1. The van der Waals surface area contributed by atoms with E-state index >= 15 is 0 Å². The van der Waals surface area contributed by atoms with Gasteiger partial charge in [0.25, 0.3) is 5.91 Å². The van der Waals surface area contributed by atoms with Crippen LogP contribution in [0.15, 0.2) is 59.0 Å². The fraction of sp³-hybridized carbons (Fsp3) is 0.312. The Hall–Kier alpha value is -3.84. The number of hydrogen-bond acceptors (Lipinski definition) is 4. The van der Waals surface area contributed by atoms with E-state index in [9.17, 15) is 23.5 Å². The average molecular weight is 532 g/mol. The van der Waals surface area contributed by atoms with Crippen LogP contribution in [0.25, 0.3) is 33.4 Å². The lowest BCUT2D eigenvalue weighted by molar-refractivity contribution is -0.0211. The third-order valence-corrected chi connectivity index (χ3v) is 7.62. The van der Waals surface area contributed by atoms with Gasteiger partial charge < -0.3 is 14.8 Å². The molecule has 1 heterocycles. The molecule has 0 radical (unpaired) electrons. The average Bonchev–Trinajstić information content (AvgIpc) is 3.26. The number of furan rings is 1. The number of carbonyl (C=O) groups excluding carboxylic acids is 2. The van der Waals surface area contributed by atoms with Gasteiger partial charge in [0.05, 0.1) is 17.2 Å². The highest BCUT2D eigenvalue weighted by Gasteiger charge is 2.41. The molecule has 202 valence electrons. The van der Waals surface area contributed by atoms with E-state index in [0.717, 1.165) is 17.5 Å². The minimum Gasteiger partial charge on any atom is -0.455 e. The molecule has 1 aliphatic rings. The van der Waals surface area contributed by atoms with Gasteiger partial charge in [-0.15, -0.1) is 0 Å². The molecule has 1 aliphatic carbocycles. The molecule has 0 bridgehead atoms. The van der Waals surface area contributed by atoms with Crippen molar-refractivity contribution in [3.63, 3.8) is 0 Å². The number of aliphatic hydroxyl groups is 1. The standard InChI is InChI=1S/C32H31F2NO4/c1-4-5-19-13-28-25(29(31(38)35-3)30(39-28)18-6-9-21(33)10-7-18)14-23(19)20-8-11-26(34)24(12-20)27(37)17-32(2)15-22(36)16-32/h6-14,22,36H,4-5,15-17H2,1-3H3,(H,35,38). The molecule has 5 nitrogen and oxygen atoms in total. The lowest BCUT2D eigenvalue weighted by atomic mass is 9.65. The Morgan fingerprint density at radius 1 is 1.05 bits per heavy atom. The van der Waals surface area contributed by atoms with Crippen LogP contribution in [-0.2, 0) is 6.42 Å². The van der Waals surface area contributed by atoms with Crippen LogP contribution in [0, 0.1) is 17.0 Å². The predicted molar refractivity (Wildman–Crippen MR) is 147 cm³/mol. The van der Waals surface area contributed by atoms with Crippen LogP contribution in [0.5, 0.6) is 0 Å². The van der Waals surface area contributed by atoms with Crippen LogP contribution in [0.1, 0.15) is 65.8 Å². The van der Waals surface area contributed by atoms with Crippen molar-refractivity contribution in [1.82, 2.24) is 5.32 Å². The number of nitrogens with one attached hydrogen (secondary N) is 1. The molecule has 0 saturated heterocycles. The summed E-state index contributed by atoms with van der Waals surface area (Å²) in [5.74, 6) is -1.30. The number of benzene rings is 3. The molecule has 1 aromatic heterocycles. The lowest BCUT2D eigenvalue weighted by Crippen LogP contribution is -2.40. The number of fused-ring (bicyclic) bond motifs is 1. The van der Waals surface area contributed by atoms with Crippen molar-refractivity contribution in [2.24, 2.45) is 5.41 Å². The Bertz CT molecular complexity index is 1570. The summed E-state index contributed by atoms with van der Waals surface area (Å²) in [6, 6.07) is 14.0. The summed E-state index contributed by atoms with van der Waals surface area (Å²) < 4.78 is 34.6. The van der Waals surface area contributed by atoms with E-state index in [-0.39, 0.29) is 29.1 Å². The van der Waals surface area contributed by atoms with E-state index in [1.165, 1.54) is 25.2 Å². The maximum atomic E-state index is 14.9. The molecule has 3 aromatic carbocycles. The first kappa shape index (κ1) is 26.8. The molecule has 2 N–H and O–H groups in total. The molecule has 5 rings (SSSR count). The van der Waals surface area contributed by atoms with E-state index in [1.54, 1.807) is 24.3 Å². The highest BCUT2D eigenvalue weighted by molar-refractivity contribution is 6.12. The molecular formula is C32H31F2NO4. The van der Waals surface area contributed by atoms with Gasteiger partial charge in [-0.1, -0.05) is 26.3 Å². The normalized spacial score (nSPS) is 18.7. The summed E-state index contributed by atoms with van der Waals surface area (Å²) in [4.78, 5) is 26.2. The largest absolute Gasteiger partial charge is 0.455 e. The third-order valence-electron chi connectivity index (χ3n) is 7.62. The molecule has 7 heteroatoms. The summed E-state index contributed by atoms with van der Waals surface area (Å²) in [6.07, 6.45) is 2.33. The molecule has 1 saturated carbocycles. The predicted octanol–water partition coefficient (Wildman–Crippen LogP) is 7.09. The van der Waals surface area contributed by atoms with E-state index in [4.69, 9.17) is 4.42 Å². The van der Waals surface area contributed by atoms with Crippen LogP contribution in [0.4, 0.5) is 8.78 Å². The Labute approximate surface area is 225 Å². The molecule has 0 spiro atoms. The number of amides is 1. The fourth-order valence-corrected chi connectivity index (χ4v) is 5.70. The van der Waals surface area contributed by atoms with E-state index in [0.29, 0.717) is 52.7 Å². The van der Waals surface area contributed by atoms with Crippen LogP contribution in [0.3, 0.4) is 0 Å². The van der Waals surface area contributed by atoms with Gasteiger partial charge in [0.15, 0.2) is 5.78 Å². The quantitative estimate of drug-likeness (QED) is 0.238. The van der Waals surface area contributed by atoms with Crippen molar-refractivity contribution in [2.75, 3.05) is 7.05 Å². The summed E-state index contributed by atoms with van der Waals surface area (Å²) in [5.41, 5.74) is 3.45. The summed E-state index contributed by atoms with van der Waals surface area (Å²) in [6.45, 7) is 3.98.